The molecule has 2 heteroatoms. The maximum atomic E-state index is 6.20. The standard InChI is InChI=1S/C42H26OS/c1-3-4-11-25(2)41-30-13-5-7-15-32(30)42(33-16-8-6-14-31(33)41)26-18-19-39-35(20-26)36-22-27-21-34-29-12-9-10-17-37(29)43-38(34)23-28(27)24-40(36)44-39/h3-24H,1-2H2/b11-4-. The first-order valence-electron chi connectivity index (χ1n) is 14.8. The van der Waals surface area contributed by atoms with Crippen LogP contribution >= 0.6 is 11.3 Å². The molecule has 9 rings (SSSR count). The molecule has 0 aliphatic rings. The van der Waals surface area contributed by atoms with Crippen molar-refractivity contribution in [2.75, 3.05) is 0 Å². The number of furan rings is 1. The van der Waals surface area contributed by atoms with Gasteiger partial charge in [-0.15, -0.1) is 11.3 Å². The highest BCUT2D eigenvalue weighted by Gasteiger charge is 2.18. The first-order chi connectivity index (χ1) is 21.7. The van der Waals surface area contributed by atoms with Crippen LogP contribution in [0.2, 0.25) is 0 Å². The molecule has 0 amide bonds. The minimum Gasteiger partial charge on any atom is -0.456 e. The highest BCUT2D eigenvalue weighted by Crippen LogP contribution is 2.45. The van der Waals surface area contributed by atoms with E-state index in [4.69, 9.17) is 4.42 Å². The molecule has 0 saturated carbocycles. The van der Waals surface area contributed by atoms with Gasteiger partial charge in [-0.2, -0.15) is 0 Å². The van der Waals surface area contributed by atoms with Crippen molar-refractivity contribution in [2.24, 2.45) is 0 Å². The molecule has 7 aromatic carbocycles. The minimum atomic E-state index is 0.931. The van der Waals surface area contributed by atoms with E-state index in [-0.39, 0.29) is 0 Å². The molecule has 0 spiro atoms. The van der Waals surface area contributed by atoms with E-state index < -0.39 is 0 Å². The molecule has 2 heterocycles. The lowest BCUT2D eigenvalue weighted by Gasteiger charge is -2.17. The number of benzene rings is 7. The first kappa shape index (κ1) is 25.1. The van der Waals surface area contributed by atoms with Crippen molar-refractivity contribution in [1.82, 2.24) is 0 Å². The molecule has 1 nitrogen and oxygen atoms in total. The van der Waals surface area contributed by atoms with Crippen LogP contribution in [-0.2, 0) is 0 Å². The van der Waals surface area contributed by atoms with Gasteiger partial charge in [-0.1, -0.05) is 104 Å². The molecular formula is C42H26OS. The van der Waals surface area contributed by atoms with E-state index >= 15 is 0 Å². The van der Waals surface area contributed by atoms with Crippen LogP contribution in [0.4, 0.5) is 0 Å². The first-order valence-corrected chi connectivity index (χ1v) is 15.6. The molecule has 0 N–H and O–H groups in total. The summed E-state index contributed by atoms with van der Waals surface area (Å²) in [7, 11) is 0. The van der Waals surface area contributed by atoms with Crippen LogP contribution in [0.3, 0.4) is 0 Å². The van der Waals surface area contributed by atoms with E-state index in [9.17, 15) is 0 Å². The summed E-state index contributed by atoms with van der Waals surface area (Å²) >= 11 is 1.85. The van der Waals surface area contributed by atoms with Crippen LogP contribution in [-0.4, -0.2) is 0 Å². The average Bonchev–Trinajstić information content (AvgIpc) is 3.60. The molecule has 0 atom stereocenters. The zero-order valence-corrected chi connectivity index (χ0v) is 24.7. The molecule has 0 fully saturated rings. The second-order valence-corrected chi connectivity index (χ2v) is 12.5. The monoisotopic (exact) mass is 578 g/mol. The summed E-state index contributed by atoms with van der Waals surface area (Å²) in [5.41, 5.74) is 6.50. The average molecular weight is 579 g/mol. The van der Waals surface area contributed by atoms with Crippen molar-refractivity contribution >= 4 is 91.3 Å². The number of hydrogen-bond acceptors (Lipinski definition) is 2. The van der Waals surface area contributed by atoms with E-state index in [1.165, 1.54) is 69.2 Å². The molecule has 0 saturated heterocycles. The van der Waals surface area contributed by atoms with Gasteiger partial charge in [0.15, 0.2) is 0 Å². The number of fused-ring (bicyclic) bond motifs is 9. The van der Waals surface area contributed by atoms with Crippen molar-refractivity contribution in [3.05, 3.63) is 152 Å². The Morgan fingerprint density at radius 3 is 1.95 bits per heavy atom. The van der Waals surface area contributed by atoms with Gasteiger partial charge in [-0.05, 0) is 97.0 Å². The van der Waals surface area contributed by atoms with Gasteiger partial charge in [-0.25, -0.2) is 0 Å². The number of allylic oxidation sites excluding steroid dienone is 4. The fourth-order valence-electron chi connectivity index (χ4n) is 6.95. The van der Waals surface area contributed by atoms with E-state index in [0.717, 1.165) is 27.5 Å². The fraction of sp³-hybridized carbons (Fsp3) is 0. The van der Waals surface area contributed by atoms with Crippen LogP contribution in [0.15, 0.2) is 151 Å². The van der Waals surface area contributed by atoms with Crippen LogP contribution < -0.4 is 0 Å². The van der Waals surface area contributed by atoms with E-state index in [1.54, 1.807) is 6.08 Å². The molecule has 206 valence electrons. The zero-order chi connectivity index (χ0) is 29.4. The van der Waals surface area contributed by atoms with Crippen LogP contribution in [0.1, 0.15) is 5.56 Å². The third-order valence-corrected chi connectivity index (χ3v) is 10.0. The van der Waals surface area contributed by atoms with Crippen molar-refractivity contribution in [3.63, 3.8) is 0 Å². The van der Waals surface area contributed by atoms with Gasteiger partial charge in [0.2, 0.25) is 0 Å². The number of hydrogen-bond donors (Lipinski definition) is 0. The van der Waals surface area contributed by atoms with Crippen molar-refractivity contribution in [3.8, 4) is 11.1 Å². The Hall–Kier alpha value is -5.44. The minimum absolute atomic E-state index is 0.931. The van der Waals surface area contributed by atoms with Crippen molar-refractivity contribution < 1.29 is 4.42 Å². The summed E-state index contributed by atoms with van der Waals surface area (Å²) in [6, 6.07) is 41.9. The molecule has 0 aliphatic heterocycles. The van der Waals surface area contributed by atoms with E-state index in [1.807, 2.05) is 29.5 Å². The third kappa shape index (κ3) is 3.65. The van der Waals surface area contributed by atoms with Gasteiger partial charge in [0.05, 0.1) is 0 Å². The van der Waals surface area contributed by atoms with E-state index in [2.05, 4.69) is 122 Å². The lowest BCUT2D eigenvalue weighted by atomic mass is 9.86. The smallest absolute Gasteiger partial charge is 0.136 e. The Balaban J connectivity index is 1.32. The van der Waals surface area contributed by atoms with Gasteiger partial charge in [-0.3, -0.25) is 0 Å². The maximum absolute atomic E-state index is 6.20. The summed E-state index contributed by atoms with van der Waals surface area (Å²) in [5.74, 6) is 0. The molecule has 0 aliphatic carbocycles. The highest BCUT2D eigenvalue weighted by atomic mass is 32.1. The summed E-state index contributed by atoms with van der Waals surface area (Å²) in [6.07, 6.45) is 5.81. The summed E-state index contributed by atoms with van der Waals surface area (Å²) in [6.45, 7) is 8.31. The largest absolute Gasteiger partial charge is 0.456 e. The van der Waals surface area contributed by atoms with Gasteiger partial charge in [0.25, 0.3) is 0 Å². The topological polar surface area (TPSA) is 13.1 Å². The Labute approximate surface area is 258 Å². The van der Waals surface area contributed by atoms with Crippen molar-refractivity contribution in [2.45, 2.75) is 0 Å². The maximum Gasteiger partial charge on any atom is 0.136 e. The fourth-order valence-corrected chi connectivity index (χ4v) is 8.07. The van der Waals surface area contributed by atoms with E-state index in [0.29, 0.717) is 0 Å². The normalized spacial score (nSPS) is 12.2. The molecule has 0 bridgehead atoms. The number of para-hydroxylation sites is 1. The molecule has 2 aromatic heterocycles. The Bertz CT molecular complexity index is 2640. The Kier molecular flexibility index (Phi) is 5.44. The molecule has 0 radical (unpaired) electrons. The Morgan fingerprint density at radius 1 is 0.568 bits per heavy atom. The number of rotatable bonds is 4. The number of thiophene rings is 1. The quantitative estimate of drug-likeness (QED) is 0.150. The van der Waals surface area contributed by atoms with Crippen LogP contribution in [0, 0.1) is 0 Å². The second kappa shape index (κ2) is 9.54. The summed E-state index contributed by atoms with van der Waals surface area (Å²) in [5, 5.41) is 12.2. The lowest BCUT2D eigenvalue weighted by Crippen LogP contribution is -1.92. The predicted octanol–water partition coefficient (Wildman–Crippen LogP) is 12.8. The Morgan fingerprint density at radius 2 is 1.20 bits per heavy atom. The molecule has 0 unspecified atom stereocenters. The molecular weight excluding hydrogens is 553 g/mol. The van der Waals surface area contributed by atoms with Crippen LogP contribution in [0.25, 0.3) is 91.1 Å². The highest BCUT2D eigenvalue weighted by molar-refractivity contribution is 7.25. The van der Waals surface area contributed by atoms with Crippen molar-refractivity contribution in [1.29, 1.82) is 0 Å². The van der Waals surface area contributed by atoms with Gasteiger partial charge >= 0.3 is 0 Å². The molecule has 9 aromatic rings. The summed E-state index contributed by atoms with van der Waals surface area (Å²) < 4.78 is 8.78. The second-order valence-electron chi connectivity index (χ2n) is 11.4. The summed E-state index contributed by atoms with van der Waals surface area (Å²) in [4.78, 5) is 0. The predicted molar refractivity (Wildman–Crippen MR) is 193 cm³/mol. The van der Waals surface area contributed by atoms with Gasteiger partial charge < -0.3 is 4.42 Å². The molecule has 44 heavy (non-hydrogen) atoms. The van der Waals surface area contributed by atoms with Gasteiger partial charge in [0, 0.05) is 30.9 Å². The van der Waals surface area contributed by atoms with Gasteiger partial charge in [0.1, 0.15) is 11.2 Å². The van der Waals surface area contributed by atoms with Crippen LogP contribution in [0.5, 0.6) is 0 Å². The lowest BCUT2D eigenvalue weighted by molar-refractivity contribution is 0.669. The zero-order valence-electron chi connectivity index (χ0n) is 23.9. The third-order valence-electron chi connectivity index (χ3n) is 8.90. The SMILES string of the molecule is C=C/C=C\C(=C)c1c2ccccc2c(-c2ccc3sc4cc5cc6oc7ccccc7c6cc5cc4c3c2)c2ccccc12.